The highest BCUT2D eigenvalue weighted by Crippen LogP contribution is 2.19. The lowest BCUT2D eigenvalue weighted by molar-refractivity contribution is 0.0726. The third-order valence-electron chi connectivity index (χ3n) is 3.03. The summed E-state index contributed by atoms with van der Waals surface area (Å²) in [7, 11) is 1.60. The van der Waals surface area contributed by atoms with Gasteiger partial charge < -0.3 is 9.64 Å². The summed E-state index contributed by atoms with van der Waals surface area (Å²) in [4.78, 5) is 14.1. The third kappa shape index (κ3) is 2.91. The summed E-state index contributed by atoms with van der Waals surface area (Å²) in [5.41, 5.74) is 0.678. The van der Waals surface area contributed by atoms with E-state index in [-0.39, 0.29) is 11.3 Å². The van der Waals surface area contributed by atoms with E-state index in [9.17, 15) is 4.79 Å². The SMILES string of the molecule is COc1cccc(C(=O)N2CCC(Cl)CC2)c1. The molecule has 1 aliphatic rings. The van der Waals surface area contributed by atoms with Crippen LogP contribution in [0.4, 0.5) is 0 Å². The Morgan fingerprint density at radius 2 is 2.12 bits per heavy atom. The number of benzene rings is 1. The van der Waals surface area contributed by atoms with E-state index >= 15 is 0 Å². The van der Waals surface area contributed by atoms with Crippen molar-refractivity contribution >= 4 is 17.5 Å². The standard InChI is InChI=1S/C13H16ClNO2/c1-17-12-4-2-3-10(9-12)13(16)15-7-5-11(14)6-8-15/h2-4,9,11H,5-8H2,1H3. The van der Waals surface area contributed by atoms with Gasteiger partial charge in [0.2, 0.25) is 0 Å². The topological polar surface area (TPSA) is 29.5 Å². The molecule has 1 saturated heterocycles. The number of ether oxygens (including phenoxy) is 1. The zero-order chi connectivity index (χ0) is 12.3. The molecule has 1 aromatic rings. The minimum absolute atomic E-state index is 0.0625. The lowest BCUT2D eigenvalue weighted by Gasteiger charge is -2.29. The van der Waals surface area contributed by atoms with Crippen LogP contribution < -0.4 is 4.74 Å². The maximum Gasteiger partial charge on any atom is 0.253 e. The molecule has 1 aliphatic heterocycles. The van der Waals surface area contributed by atoms with Gasteiger partial charge in [-0.15, -0.1) is 11.6 Å². The summed E-state index contributed by atoms with van der Waals surface area (Å²) < 4.78 is 5.12. The van der Waals surface area contributed by atoms with Crippen molar-refractivity contribution < 1.29 is 9.53 Å². The van der Waals surface area contributed by atoms with Crippen LogP contribution in [0.5, 0.6) is 5.75 Å². The monoisotopic (exact) mass is 253 g/mol. The molecule has 0 N–H and O–H groups in total. The Morgan fingerprint density at radius 1 is 1.41 bits per heavy atom. The molecular weight excluding hydrogens is 238 g/mol. The number of rotatable bonds is 2. The molecular formula is C13H16ClNO2. The fourth-order valence-electron chi connectivity index (χ4n) is 1.99. The molecule has 2 rings (SSSR count). The van der Waals surface area contributed by atoms with Crippen molar-refractivity contribution in [1.29, 1.82) is 0 Å². The van der Waals surface area contributed by atoms with Gasteiger partial charge in [0.15, 0.2) is 0 Å². The lowest BCUT2D eigenvalue weighted by Crippen LogP contribution is -2.38. The van der Waals surface area contributed by atoms with Crippen molar-refractivity contribution in [1.82, 2.24) is 4.90 Å². The minimum atomic E-state index is 0.0625. The van der Waals surface area contributed by atoms with E-state index in [4.69, 9.17) is 16.3 Å². The van der Waals surface area contributed by atoms with Gasteiger partial charge >= 0.3 is 0 Å². The van der Waals surface area contributed by atoms with Crippen molar-refractivity contribution in [3.63, 3.8) is 0 Å². The van der Waals surface area contributed by atoms with Crippen LogP contribution in [0.3, 0.4) is 0 Å². The molecule has 4 heteroatoms. The number of amides is 1. The molecule has 0 aliphatic carbocycles. The number of alkyl halides is 1. The van der Waals surface area contributed by atoms with E-state index in [1.807, 2.05) is 23.1 Å². The molecule has 1 heterocycles. The highest BCUT2D eigenvalue weighted by molar-refractivity contribution is 6.20. The average molecular weight is 254 g/mol. The zero-order valence-corrected chi connectivity index (χ0v) is 10.6. The van der Waals surface area contributed by atoms with Gasteiger partial charge in [0.1, 0.15) is 5.75 Å². The number of carbonyl (C=O) groups excluding carboxylic acids is 1. The van der Waals surface area contributed by atoms with E-state index in [1.165, 1.54) is 0 Å². The first kappa shape index (κ1) is 12.2. The number of halogens is 1. The third-order valence-corrected chi connectivity index (χ3v) is 3.46. The summed E-state index contributed by atoms with van der Waals surface area (Å²) >= 11 is 6.02. The van der Waals surface area contributed by atoms with E-state index in [2.05, 4.69) is 0 Å². The first-order valence-electron chi connectivity index (χ1n) is 5.78. The molecule has 0 saturated carbocycles. The van der Waals surface area contributed by atoms with Gasteiger partial charge in [-0.05, 0) is 31.0 Å². The second-order valence-electron chi connectivity index (χ2n) is 4.20. The van der Waals surface area contributed by atoms with Crippen molar-refractivity contribution in [3.8, 4) is 5.75 Å². The van der Waals surface area contributed by atoms with Crippen LogP contribution in [0, 0.1) is 0 Å². The molecule has 0 aromatic heterocycles. The van der Waals surface area contributed by atoms with Gasteiger partial charge in [0, 0.05) is 24.0 Å². The normalized spacial score (nSPS) is 16.9. The smallest absolute Gasteiger partial charge is 0.253 e. The van der Waals surface area contributed by atoms with Gasteiger partial charge in [-0.2, -0.15) is 0 Å². The van der Waals surface area contributed by atoms with Gasteiger partial charge in [0.05, 0.1) is 7.11 Å². The van der Waals surface area contributed by atoms with Crippen molar-refractivity contribution in [2.45, 2.75) is 18.2 Å². The number of likely N-dealkylation sites (tertiary alicyclic amines) is 1. The maximum atomic E-state index is 12.2. The van der Waals surface area contributed by atoms with Crippen LogP contribution in [0.1, 0.15) is 23.2 Å². The minimum Gasteiger partial charge on any atom is -0.497 e. The number of methoxy groups -OCH3 is 1. The molecule has 0 bridgehead atoms. The number of nitrogens with zero attached hydrogens (tertiary/aromatic N) is 1. The number of carbonyl (C=O) groups is 1. The molecule has 17 heavy (non-hydrogen) atoms. The predicted molar refractivity (Wildman–Crippen MR) is 67.8 cm³/mol. The Morgan fingerprint density at radius 3 is 2.76 bits per heavy atom. The van der Waals surface area contributed by atoms with Crippen LogP contribution >= 0.6 is 11.6 Å². The summed E-state index contributed by atoms with van der Waals surface area (Å²) in [5, 5.41) is 0.212. The summed E-state index contributed by atoms with van der Waals surface area (Å²) in [6, 6.07) is 7.26. The van der Waals surface area contributed by atoms with Gasteiger partial charge in [-0.25, -0.2) is 0 Å². The van der Waals surface area contributed by atoms with Crippen LogP contribution in [-0.2, 0) is 0 Å². The van der Waals surface area contributed by atoms with Gasteiger partial charge in [0.25, 0.3) is 5.91 Å². The summed E-state index contributed by atoms with van der Waals surface area (Å²) in [5.74, 6) is 0.774. The van der Waals surface area contributed by atoms with Crippen LogP contribution in [0.25, 0.3) is 0 Å². The second-order valence-corrected chi connectivity index (χ2v) is 4.82. The fourth-order valence-corrected chi connectivity index (χ4v) is 2.18. The molecule has 0 unspecified atom stereocenters. The molecule has 0 spiro atoms. The first-order chi connectivity index (χ1) is 8.20. The van der Waals surface area contributed by atoms with E-state index in [0.717, 1.165) is 25.9 Å². The van der Waals surface area contributed by atoms with Crippen LogP contribution in [0.2, 0.25) is 0 Å². The van der Waals surface area contributed by atoms with Gasteiger partial charge in [-0.1, -0.05) is 6.07 Å². The molecule has 1 fully saturated rings. The second kappa shape index (κ2) is 5.41. The largest absolute Gasteiger partial charge is 0.497 e. The number of hydrogen-bond acceptors (Lipinski definition) is 2. The highest BCUT2D eigenvalue weighted by atomic mass is 35.5. The van der Waals surface area contributed by atoms with Crippen molar-refractivity contribution in [2.24, 2.45) is 0 Å². The fraction of sp³-hybridized carbons (Fsp3) is 0.462. The van der Waals surface area contributed by atoms with Crippen molar-refractivity contribution in [3.05, 3.63) is 29.8 Å². The zero-order valence-electron chi connectivity index (χ0n) is 9.86. The predicted octanol–water partition coefficient (Wildman–Crippen LogP) is 2.54. The number of hydrogen-bond donors (Lipinski definition) is 0. The first-order valence-corrected chi connectivity index (χ1v) is 6.22. The highest BCUT2D eigenvalue weighted by Gasteiger charge is 2.22. The summed E-state index contributed by atoms with van der Waals surface area (Å²) in [6.07, 6.45) is 1.74. The molecule has 3 nitrogen and oxygen atoms in total. The van der Waals surface area contributed by atoms with Crippen molar-refractivity contribution in [2.75, 3.05) is 20.2 Å². The van der Waals surface area contributed by atoms with Gasteiger partial charge in [-0.3, -0.25) is 4.79 Å². The maximum absolute atomic E-state index is 12.2. The summed E-state index contributed by atoms with van der Waals surface area (Å²) in [6.45, 7) is 1.48. The lowest BCUT2D eigenvalue weighted by atomic mass is 10.1. The Kier molecular flexibility index (Phi) is 3.89. The molecule has 0 radical (unpaired) electrons. The van der Waals surface area contributed by atoms with E-state index in [0.29, 0.717) is 11.3 Å². The molecule has 1 aromatic carbocycles. The van der Waals surface area contributed by atoms with E-state index < -0.39 is 0 Å². The van der Waals surface area contributed by atoms with Crippen LogP contribution in [-0.4, -0.2) is 36.4 Å². The Balaban J connectivity index is 2.08. The average Bonchev–Trinajstić information content (AvgIpc) is 2.39. The quantitative estimate of drug-likeness (QED) is 0.758. The number of piperidine rings is 1. The van der Waals surface area contributed by atoms with Crippen LogP contribution in [0.15, 0.2) is 24.3 Å². The Labute approximate surface area is 106 Å². The Bertz CT molecular complexity index is 400. The van der Waals surface area contributed by atoms with E-state index in [1.54, 1.807) is 13.2 Å². The molecule has 0 atom stereocenters. The Hall–Kier alpha value is -1.22. The molecule has 1 amide bonds. The molecule has 92 valence electrons.